The average molecular weight is 347 g/mol. The molecule has 1 aromatic carbocycles. The number of amides is 2. The molecule has 0 unspecified atom stereocenters. The van der Waals surface area contributed by atoms with E-state index in [1.54, 1.807) is 48.5 Å². The van der Waals surface area contributed by atoms with Crippen LogP contribution in [-0.2, 0) is 0 Å². The van der Waals surface area contributed by atoms with Crippen LogP contribution in [0.2, 0.25) is 5.02 Å². The van der Waals surface area contributed by atoms with Crippen molar-refractivity contribution in [2.75, 3.05) is 10.6 Å². The van der Waals surface area contributed by atoms with Crippen LogP contribution in [-0.4, -0.2) is 11.8 Å². The van der Waals surface area contributed by atoms with Gasteiger partial charge in [0.05, 0.1) is 26.9 Å². The summed E-state index contributed by atoms with van der Waals surface area (Å²) in [5, 5.41) is 6.42. The number of thiophene rings is 1. The summed E-state index contributed by atoms with van der Waals surface area (Å²) >= 11 is 7.17. The van der Waals surface area contributed by atoms with Gasteiger partial charge in [0.15, 0.2) is 5.76 Å². The monoisotopic (exact) mass is 346 g/mol. The lowest BCUT2D eigenvalue weighted by atomic mass is 10.3. The van der Waals surface area contributed by atoms with Gasteiger partial charge >= 0.3 is 0 Å². The Balaban J connectivity index is 1.68. The zero-order valence-corrected chi connectivity index (χ0v) is 13.3. The molecule has 0 atom stereocenters. The molecule has 5 nitrogen and oxygen atoms in total. The Kier molecular flexibility index (Phi) is 4.45. The van der Waals surface area contributed by atoms with Crippen molar-refractivity contribution in [2.45, 2.75) is 0 Å². The van der Waals surface area contributed by atoms with Crippen LogP contribution in [0.5, 0.6) is 0 Å². The van der Waals surface area contributed by atoms with Gasteiger partial charge in [-0.05, 0) is 36.4 Å². The van der Waals surface area contributed by atoms with Crippen molar-refractivity contribution >= 4 is 45.4 Å². The smallest absolute Gasteiger partial charge is 0.291 e. The summed E-state index contributed by atoms with van der Waals surface area (Å²) in [7, 11) is 0. The third kappa shape index (κ3) is 3.61. The number of carbonyl (C=O) groups excluding carboxylic acids is 2. The molecule has 0 bridgehead atoms. The van der Waals surface area contributed by atoms with Crippen molar-refractivity contribution in [1.82, 2.24) is 0 Å². The fourth-order valence-electron chi connectivity index (χ4n) is 1.85. The molecule has 0 aliphatic carbocycles. The highest BCUT2D eigenvalue weighted by Crippen LogP contribution is 2.25. The highest BCUT2D eigenvalue weighted by atomic mass is 35.5. The molecule has 3 rings (SSSR count). The Morgan fingerprint density at radius 3 is 2.52 bits per heavy atom. The molecule has 2 heterocycles. The number of para-hydroxylation sites is 1. The molecule has 0 fully saturated rings. The quantitative estimate of drug-likeness (QED) is 0.730. The Bertz CT molecular complexity index is 843. The van der Waals surface area contributed by atoms with E-state index >= 15 is 0 Å². The molecule has 0 spiro atoms. The summed E-state index contributed by atoms with van der Waals surface area (Å²) in [4.78, 5) is 24.5. The molecular formula is C16H11ClN2O3S. The minimum atomic E-state index is -0.366. The summed E-state index contributed by atoms with van der Waals surface area (Å²) < 4.78 is 5.01. The van der Waals surface area contributed by atoms with Gasteiger partial charge in [0.1, 0.15) is 0 Å². The van der Waals surface area contributed by atoms with Gasteiger partial charge in [0.2, 0.25) is 0 Å². The predicted molar refractivity (Wildman–Crippen MR) is 90.4 cm³/mol. The minimum Gasteiger partial charge on any atom is -0.459 e. The van der Waals surface area contributed by atoms with Gasteiger partial charge in [-0.15, -0.1) is 11.3 Å². The van der Waals surface area contributed by atoms with Gasteiger partial charge in [-0.3, -0.25) is 9.59 Å². The first-order valence-electron chi connectivity index (χ1n) is 6.64. The number of hydrogen-bond acceptors (Lipinski definition) is 4. The molecule has 0 aliphatic heterocycles. The number of nitrogens with one attached hydrogen (secondary N) is 2. The third-order valence-electron chi connectivity index (χ3n) is 2.93. The van der Waals surface area contributed by atoms with E-state index in [-0.39, 0.29) is 17.6 Å². The Hall–Kier alpha value is -2.57. The van der Waals surface area contributed by atoms with Crippen molar-refractivity contribution in [3.05, 3.63) is 70.5 Å². The van der Waals surface area contributed by atoms with Crippen molar-refractivity contribution in [3.8, 4) is 0 Å². The van der Waals surface area contributed by atoms with Crippen molar-refractivity contribution in [2.24, 2.45) is 0 Å². The van der Waals surface area contributed by atoms with E-state index in [9.17, 15) is 9.59 Å². The second kappa shape index (κ2) is 6.68. The van der Waals surface area contributed by atoms with Crippen molar-refractivity contribution < 1.29 is 14.0 Å². The van der Waals surface area contributed by atoms with Crippen LogP contribution in [0.15, 0.2) is 59.2 Å². The van der Waals surface area contributed by atoms with Crippen LogP contribution in [0.4, 0.5) is 10.7 Å². The maximum Gasteiger partial charge on any atom is 0.291 e. The third-order valence-corrected chi connectivity index (χ3v) is 4.26. The Morgan fingerprint density at radius 1 is 0.957 bits per heavy atom. The lowest BCUT2D eigenvalue weighted by Crippen LogP contribution is -2.10. The molecule has 7 heteroatoms. The number of carbonyl (C=O) groups is 2. The van der Waals surface area contributed by atoms with Crippen LogP contribution in [0.1, 0.15) is 20.2 Å². The zero-order valence-electron chi connectivity index (χ0n) is 11.7. The van der Waals surface area contributed by atoms with Crippen LogP contribution in [0, 0.1) is 0 Å². The molecule has 116 valence electrons. The number of rotatable bonds is 4. The highest BCUT2D eigenvalue weighted by Gasteiger charge is 2.14. The minimum absolute atomic E-state index is 0.209. The molecular weight excluding hydrogens is 336 g/mol. The number of benzene rings is 1. The normalized spacial score (nSPS) is 10.3. The fourth-order valence-corrected chi connectivity index (χ4v) is 2.83. The van der Waals surface area contributed by atoms with E-state index in [1.807, 2.05) is 0 Å². The molecule has 3 aromatic rings. The van der Waals surface area contributed by atoms with Crippen LogP contribution < -0.4 is 10.6 Å². The van der Waals surface area contributed by atoms with Crippen molar-refractivity contribution in [3.63, 3.8) is 0 Å². The zero-order chi connectivity index (χ0) is 16.2. The van der Waals surface area contributed by atoms with E-state index in [1.165, 1.54) is 6.26 Å². The van der Waals surface area contributed by atoms with E-state index in [0.717, 1.165) is 11.3 Å². The number of halogens is 1. The molecule has 2 aromatic heterocycles. The van der Waals surface area contributed by atoms with Gasteiger partial charge in [-0.1, -0.05) is 23.7 Å². The number of furan rings is 1. The average Bonchev–Trinajstić information content (AvgIpc) is 3.20. The summed E-state index contributed by atoms with van der Waals surface area (Å²) in [5.41, 5.74) is 0.536. The van der Waals surface area contributed by atoms with E-state index in [4.69, 9.17) is 16.0 Å². The summed E-state index contributed by atoms with van der Waals surface area (Å²) in [6.45, 7) is 0. The lowest BCUT2D eigenvalue weighted by Gasteiger charge is -2.05. The molecule has 0 radical (unpaired) electrons. The Morgan fingerprint density at radius 2 is 1.78 bits per heavy atom. The maximum absolute atomic E-state index is 12.2. The van der Waals surface area contributed by atoms with Crippen LogP contribution >= 0.6 is 22.9 Å². The Labute approximate surface area is 140 Å². The highest BCUT2D eigenvalue weighted by molar-refractivity contribution is 7.18. The van der Waals surface area contributed by atoms with Gasteiger partial charge in [0, 0.05) is 0 Å². The van der Waals surface area contributed by atoms with E-state index in [2.05, 4.69) is 10.6 Å². The van der Waals surface area contributed by atoms with Gasteiger partial charge < -0.3 is 15.1 Å². The van der Waals surface area contributed by atoms with Crippen LogP contribution in [0.3, 0.4) is 0 Å². The second-order valence-electron chi connectivity index (χ2n) is 4.53. The number of anilines is 2. The van der Waals surface area contributed by atoms with Crippen LogP contribution in [0.25, 0.3) is 0 Å². The first kappa shape index (κ1) is 15.3. The van der Waals surface area contributed by atoms with E-state index < -0.39 is 0 Å². The largest absolute Gasteiger partial charge is 0.459 e. The van der Waals surface area contributed by atoms with Gasteiger partial charge in [-0.2, -0.15) is 0 Å². The van der Waals surface area contributed by atoms with E-state index in [0.29, 0.717) is 20.6 Å². The summed E-state index contributed by atoms with van der Waals surface area (Å²) in [6, 6.07) is 13.5. The molecule has 2 amide bonds. The molecule has 23 heavy (non-hydrogen) atoms. The molecule has 0 saturated carbocycles. The first-order valence-corrected chi connectivity index (χ1v) is 7.83. The van der Waals surface area contributed by atoms with Gasteiger partial charge in [-0.25, -0.2) is 0 Å². The molecule has 0 aliphatic rings. The first-order chi connectivity index (χ1) is 11.1. The lowest BCUT2D eigenvalue weighted by molar-refractivity contribution is 0.0995. The summed E-state index contributed by atoms with van der Waals surface area (Å²) in [6.07, 6.45) is 1.42. The SMILES string of the molecule is O=C(Nc1ccc(C(=O)Nc2ccccc2Cl)s1)c1ccco1. The fraction of sp³-hybridized carbons (Fsp3) is 0. The molecule has 0 saturated heterocycles. The summed E-state index contributed by atoms with van der Waals surface area (Å²) in [5.74, 6) is -0.447. The predicted octanol–water partition coefficient (Wildman–Crippen LogP) is 4.50. The second-order valence-corrected chi connectivity index (χ2v) is 6.02. The standard InChI is InChI=1S/C16H11ClN2O3S/c17-10-4-1-2-5-11(10)18-16(21)13-7-8-14(23-13)19-15(20)12-6-3-9-22-12/h1-9H,(H,18,21)(H,19,20). The molecule has 2 N–H and O–H groups in total. The van der Waals surface area contributed by atoms with Crippen molar-refractivity contribution in [1.29, 1.82) is 0 Å². The number of hydrogen-bond donors (Lipinski definition) is 2. The maximum atomic E-state index is 12.2. The topological polar surface area (TPSA) is 71.3 Å². The van der Waals surface area contributed by atoms with Gasteiger partial charge in [0.25, 0.3) is 11.8 Å².